The fraction of sp³-hybridized carbons (Fsp3) is 0.0323. The van der Waals surface area contributed by atoms with E-state index in [4.69, 9.17) is 8.83 Å². The second kappa shape index (κ2) is 14.5. The lowest BCUT2D eigenvalue weighted by Gasteiger charge is -2.36. The van der Waals surface area contributed by atoms with Gasteiger partial charge in [0.1, 0.15) is 11.2 Å². The van der Waals surface area contributed by atoms with Gasteiger partial charge in [0.2, 0.25) is 0 Å². The van der Waals surface area contributed by atoms with E-state index >= 15 is 0 Å². The third-order valence-electron chi connectivity index (χ3n) is 13.9. The van der Waals surface area contributed by atoms with Gasteiger partial charge in [-0.1, -0.05) is 170 Å². The highest BCUT2D eigenvalue weighted by atomic mass is 16.4. The Morgan fingerprint density at radius 3 is 1.30 bits per heavy atom. The van der Waals surface area contributed by atoms with Crippen molar-refractivity contribution in [2.75, 3.05) is 9.80 Å². The highest BCUT2D eigenvalue weighted by Crippen LogP contribution is 2.49. The molecule has 0 aliphatic heterocycles. The van der Waals surface area contributed by atoms with E-state index in [9.17, 15) is 0 Å². The second-order valence-corrected chi connectivity index (χ2v) is 17.5. The Morgan fingerprint density at radius 2 is 0.773 bits per heavy atom. The van der Waals surface area contributed by atoms with Crippen LogP contribution in [0.5, 0.6) is 0 Å². The zero-order valence-corrected chi connectivity index (χ0v) is 35.8. The number of nitrogens with zero attached hydrogens (tertiary/aromatic N) is 2. The molecule has 310 valence electrons. The summed E-state index contributed by atoms with van der Waals surface area (Å²) in [7, 11) is 0. The molecular formula is C62H40N2O2. The molecule has 0 radical (unpaired) electrons. The van der Waals surface area contributed by atoms with E-state index in [1.54, 1.807) is 0 Å². The lowest BCUT2D eigenvalue weighted by atomic mass is 9.81. The highest BCUT2D eigenvalue weighted by Gasteiger charge is 2.30. The maximum absolute atomic E-state index is 7.13. The maximum atomic E-state index is 7.13. The fourth-order valence-corrected chi connectivity index (χ4v) is 11.0. The first-order valence-corrected chi connectivity index (χ1v) is 22.8. The SMILES string of the molecule is C1=CC2C=CC=C(N(c3ccc4c(c3)oc3c5oc6cc(N(c7cccc8ccccc78)c7cccc8ccccc78)ccc6c5c5ccccc5c43)c3cccc4ccccc34)C2C=C1. The number of hydrogen-bond donors (Lipinski definition) is 0. The Hall–Kier alpha value is -8.60. The summed E-state index contributed by atoms with van der Waals surface area (Å²) < 4.78 is 14.3. The fourth-order valence-electron chi connectivity index (χ4n) is 11.0. The molecule has 12 aromatic rings. The molecule has 2 atom stereocenters. The quantitative estimate of drug-likeness (QED) is 0.167. The third-order valence-corrected chi connectivity index (χ3v) is 13.9. The number of rotatable bonds is 6. The Bertz CT molecular complexity index is 4010. The van der Waals surface area contributed by atoms with E-state index < -0.39 is 0 Å². The van der Waals surface area contributed by atoms with E-state index in [2.05, 4.69) is 240 Å². The average molecular weight is 845 g/mol. The number of hydrogen-bond acceptors (Lipinski definition) is 4. The molecular weight excluding hydrogens is 805 g/mol. The Balaban J connectivity index is 0.991. The van der Waals surface area contributed by atoms with Gasteiger partial charge in [-0.3, -0.25) is 0 Å². The molecule has 2 aromatic heterocycles. The molecule has 0 N–H and O–H groups in total. The summed E-state index contributed by atoms with van der Waals surface area (Å²) in [5.74, 6) is 0.466. The Labute approximate surface area is 380 Å². The summed E-state index contributed by atoms with van der Waals surface area (Å²) in [5.41, 5.74) is 9.73. The lowest BCUT2D eigenvalue weighted by Crippen LogP contribution is -2.27. The largest absolute Gasteiger partial charge is 0.452 e. The number of allylic oxidation sites excluding steroid dienone is 7. The number of furan rings is 2. The monoisotopic (exact) mass is 844 g/mol. The first-order chi connectivity index (χ1) is 32.7. The van der Waals surface area contributed by atoms with Gasteiger partial charge in [0.15, 0.2) is 11.2 Å². The standard InChI is InChI=1S/C62H40N2O2/c1-5-23-45-39(15-1)19-11-29-53(45)63(54-30-12-20-40-16-2-6-24-46(40)54)43-33-35-51-57(37-43)65-61-59(51)49-27-9-10-28-50(49)60-52-36-34-44(38-58(52)66-62(60)61)64(55-31-13-21-41-17-3-7-25-47(41)55)56-32-14-22-42-18-4-8-26-48(42)56/h1-39,45H. The zero-order chi connectivity index (χ0) is 43.3. The van der Waals surface area contributed by atoms with Crippen LogP contribution in [0.2, 0.25) is 0 Å². The Morgan fingerprint density at radius 1 is 0.348 bits per heavy atom. The van der Waals surface area contributed by atoms with Crippen LogP contribution >= 0.6 is 0 Å². The van der Waals surface area contributed by atoms with E-state index in [0.29, 0.717) is 0 Å². The van der Waals surface area contributed by atoms with Crippen molar-refractivity contribution in [3.05, 3.63) is 236 Å². The van der Waals surface area contributed by atoms with Crippen LogP contribution in [0.3, 0.4) is 0 Å². The van der Waals surface area contributed by atoms with Crippen LogP contribution in [0, 0.1) is 11.8 Å². The molecule has 2 heterocycles. The molecule has 14 rings (SSSR count). The van der Waals surface area contributed by atoms with E-state index in [-0.39, 0.29) is 11.8 Å². The van der Waals surface area contributed by atoms with Crippen LogP contribution in [0.1, 0.15) is 0 Å². The molecule has 0 bridgehead atoms. The summed E-state index contributed by atoms with van der Waals surface area (Å²) in [6.45, 7) is 0. The minimum absolute atomic E-state index is 0.187. The Kier molecular flexibility index (Phi) is 8.07. The normalized spacial score (nSPS) is 15.8. The van der Waals surface area contributed by atoms with E-state index in [1.807, 2.05) is 0 Å². The van der Waals surface area contributed by atoms with Crippen molar-refractivity contribution in [3.8, 4) is 0 Å². The van der Waals surface area contributed by atoms with E-state index in [1.165, 1.54) is 38.0 Å². The summed E-state index contributed by atoms with van der Waals surface area (Å²) >= 11 is 0. The minimum atomic E-state index is 0.187. The van der Waals surface area contributed by atoms with Gasteiger partial charge >= 0.3 is 0 Å². The van der Waals surface area contributed by atoms with Crippen LogP contribution < -0.4 is 9.80 Å². The molecule has 10 aromatic carbocycles. The van der Waals surface area contributed by atoms with Crippen LogP contribution in [0.4, 0.5) is 28.4 Å². The first-order valence-electron chi connectivity index (χ1n) is 22.8. The smallest absolute Gasteiger partial charge is 0.179 e. The predicted octanol–water partition coefficient (Wildman–Crippen LogP) is 17.5. The van der Waals surface area contributed by atoms with Gasteiger partial charge in [0, 0.05) is 78.7 Å². The van der Waals surface area contributed by atoms with Crippen molar-refractivity contribution in [3.63, 3.8) is 0 Å². The van der Waals surface area contributed by atoms with E-state index in [0.717, 1.165) is 83.1 Å². The summed E-state index contributed by atoms with van der Waals surface area (Å²) in [6, 6.07) is 67.7. The molecule has 2 aliphatic rings. The van der Waals surface area contributed by atoms with Crippen molar-refractivity contribution >= 4 is 115 Å². The molecule has 4 heteroatoms. The van der Waals surface area contributed by atoms with Gasteiger partial charge in [0.05, 0.1) is 17.1 Å². The van der Waals surface area contributed by atoms with Crippen molar-refractivity contribution in [2.45, 2.75) is 0 Å². The molecule has 0 fully saturated rings. The van der Waals surface area contributed by atoms with Crippen LogP contribution in [-0.2, 0) is 0 Å². The average Bonchev–Trinajstić information content (AvgIpc) is 3.96. The molecule has 0 saturated carbocycles. The summed E-state index contributed by atoms with van der Waals surface area (Å²) in [5, 5.41) is 13.6. The molecule has 0 spiro atoms. The van der Waals surface area contributed by atoms with Gasteiger partial charge in [-0.15, -0.1) is 0 Å². The van der Waals surface area contributed by atoms with Crippen molar-refractivity contribution in [1.29, 1.82) is 0 Å². The van der Waals surface area contributed by atoms with Gasteiger partial charge in [0.25, 0.3) is 0 Å². The minimum Gasteiger partial charge on any atom is -0.452 e. The maximum Gasteiger partial charge on any atom is 0.179 e. The first kappa shape index (κ1) is 36.8. The predicted molar refractivity (Wildman–Crippen MR) is 277 cm³/mol. The number of benzene rings is 10. The summed E-state index contributed by atoms with van der Waals surface area (Å²) in [4.78, 5) is 4.82. The van der Waals surface area contributed by atoms with Crippen LogP contribution in [0.15, 0.2) is 245 Å². The molecule has 4 nitrogen and oxygen atoms in total. The van der Waals surface area contributed by atoms with Crippen molar-refractivity contribution in [2.24, 2.45) is 11.8 Å². The molecule has 2 unspecified atom stereocenters. The third kappa shape index (κ3) is 5.52. The molecule has 66 heavy (non-hydrogen) atoms. The van der Waals surface area contributed by atoms with Crippen molar-refractivity contribution < 1.29 is 8.83 Å². The number of anilines is 5. The molecule has 0 saturated heterocycles. The van der Waals surface area contributed by atoms with Gasteiger partial charge in [-0.2, -0.15) is 0 Å². The van der Waals surface area contributed by atoms with Gasteiger partial charge in [-0.25, -0.2) is 0 Å². The van der Waals surface area contributed by atoms with Gasteiger partial charge < -0.3 is 18.6 Å². The second-order valence-electron chi connectivity index (χ2n) is 17.5. The van der Waals surface area contributed by atoms with Crippen LogP contribution in [-0.4, -0.2) is 0 Å². The lowest BCUT2D eigenvalue weighted by molar-refractivity contribution is 0.612. The number of fused-ring (bicyclic) bond motifs is 14. The van der Waals surface area contributed by atoms with Crippen LogP contribution in [0.25, 0.3) is 87.0 Å². The molecule has 2 aliphatic carbocycles. The molecule has 0 amide bonds. The summed E-state index contributed by atoms with van der Waals surface area (Å²) in [6.07, 6.45) is 15.7. The zero-order valence-electron chi connectivity index (χ0n) is 35.8. The van der Waals surface area contributed by atoms with Crippen molar-refractivity contribution in [1.82, 2.24) is 0 Å². The van der Waals surface area contributed by atoms with Gasteiger partial charge in [-0.05, 0) is 75.5 Å². The topological polar surface area (TPSA) is 32.8 Å². The highest BCUT2D eigenvalue weighted by molar-refractivity contribution is 6.33.